The largest absolute Gasteiger partial charge is 0.481 e. The number of aliphatic carboxylic acids is 1. The van der Waals surface area contributed by atoms with Crippen LogP contribution in [0.5, 0.6) is 0 Å². The second kappa shape index (κ2) is 5.94. The second-order valence-corrected chi connectivity index (χ2v) is 4.01. The molecule has 0 bridgehead atoms. The van der Waals surface area contributed by atoms with Crippen LogP contribution in [0.3, 0.4) is 0 Å². The molecule has 0 aliphatic rings. The van der Waals surface area contributed by atoms with Gasteiger partial charge in [0.25, 0.3) is 0 Å². The summed E-state index contributed by atoms with van der Waals surface area (Å²) < 4.78 is 4.79. The molecule has 17 heavy (non-hydrogen) atoms. The molecule has 0 saturated heterocycles. The van der Waals surface area contributed by atoms with Crippen molar-refractivity contribution in [1.29, 1.82) is 0 Å². The maximum absolute atomic E-state index is 11.4. The highest BCUT2D eigenvalue weighted by Gasteiger charge is 2.17. The van der Waals surface area contributed by atoms with Gasteiger partial charge in [-0.25, -0.2) is 4.79 Å². The first-order chi connectivity index (χ1) is 8.04. The SMILES string of the molecule is C=CCOC(=O)N(C)c1nnc(CC(=O)O)s1. The van der Waals surface area contributed by atoms with Crippen molar-refractivity contribution in [2.75, 3.05) is 18.6 Å². The molecule has 1 aromatic heterocycles. The molecule has 0 aliphatic heterocycles. The van der Waals surface area contributed by atoms with Crippen LogP contribution in [0.4, 0.5) is 9.93 Å². The van der Waals surface area contributed by atoms with Crippen molar-refractivity contribution in [3.63, 3.8) is 0 Å². The molecule has 8 heteroatoms. The van der Waals surface area contributed by atoms with Crippen LogP contribution in [0.25, 0.3) is 0 Å². The number of hydrogen-bond acceptors (Lipinski definition) is 6. The van der Waals surface area contributed by atoms with Crippen molar-refractivity contribution in [3.8, 4) is 0 Å². The van der Waals surface area contributed by atoms with E-state index in [4.69, 9.17) is 9.84 Å². The van der Waals surface area contributed by atoms with Crippen molar-refractivity contribution in [2.24, 2.45) is 0 Å². The Morgan fingerprint density at radius 1 is 1.59 bits per heavy atom. The molecule has 0 aliphatic carbocycles. The van der Waals surface area contributed by atoms with Gasteiger partial charge in [0.15, 0.2) is 0 Å². The van der Waals surface area contributed by atoms with Crippen LogP contribution in [-0.4, -0.2) is 41.0 Å². The minimum absolute atomic E-state index is 0.101. The summed E-state index contributed by atoms with van der Waals surface area (Å²) in [7, 11) is 1.47. The molecule has 92 valence electrons. The van der Waals surface area contributed by atoms with Crippen molar-refractivity contribution in [3.05, 3.63) is 17.7 Å². The Morgan fingerprint density at radius 3 is 2.88 bits per heavy atom. The number of carboxylic acid groups (broad SMARTS) is 1. The lowest BCUT2D eigenvalue weighted by molar-refractivity contribution is -0.136. The van der Waals surface area contributed by atoms with Gasteiger partial charge >= 0.3 is 12.1 Å². The summed E-state index contributed by atoms with van der Waals surface area (Å²) in [6.07, 6.45) is 0.637. The number of hydrogen-bond donors (Lipinski definition) is 1. The van der Waals surface area contributed by atoms with Gasteiger partial charge in [0.2, 0.25) is 5.13 Å². The molecule has 0 aromatic carbocycles. The Morgan fingerprint density at radius 2 is 2.29 bits per heavy atom. The standard InChI is InChI=1S/C9H11N3O4S/c1-3-4-16-9(15)12(2)8-11-10-6(17-8)5-7(13)14/h3H,1,4-5H2,2H3,(H,13,14). The molecule has 0 unspecified atom stereocenters. The summed E-state index contributed by atoms with van der Waals surface area (Å²) in [5, 5.41) is 16.5. The van der Waals surface area contributed by atoms with Gasteiger partial charge in [0, 0.05) is 7.05 Å². The van der Waals surface area contributed by atoms with E-state index in [1.165, 1.54) is 13.1 Å². The van der Waals surface area contributed by atoms with E-state index in [0.29, 0.717) is 5.01 Å². The predicted molar refractivity (Wildman–Crippen MR) is 61.2 cm³/mol. The summed E-state index contributed by atoms with van der Waals surface area (Å²) >= 11 is 1.03. The Kier molecular flexibility index (Phi) is 4.58. The van der Waals surface area contributed by atoms with Gasteiger partial charge in [0.05, 0.1) is 6.42 Å². The van der Waals surface area contributed by atoms with Crippen LogP contribution >= 0.6 is 11.3 Å². The summed E-state index contributed by atoms with van der Waals surface area (Å²) in [5.74, 6) is -0.996. The molecule has 0 fully saturated rings. The number of rotatable bonds is 5. The number of nitrogens with zero attached hydrogens (tertiary/aromatic N) is 3. The van der Waals surface area contributed by atoms with Crippen molar-refractivity contribution in [2.45, 2.75) is 6.42 Å². The van der Waals surface area contributed by atoms with E-state index < -0.39 is 12.1 Å². The highest BCUT2D eigenvalue weighted by molar-refractivity contribution is 7.15. The molecule has 1 N–H and O–H groups in total. The third-order valence-corrected chi connectivity index (χ3v) is 2.64. The number of amides is 1. The van der Waals surface area contributed by atoms with Crippen LogP contribution in [0, 0.1) is 0 Å². The Bertz CT molecular complexity index is 432. The van der Waals surface area contributed by atoms with E-state index in [2.05, 4.69) is 16.8 Å². The summed E-state index contributed by atoms with van der Waals surface area (Å²) in [6.45, 7) is 3.52. The molecular weight excluding hydrogens is 246 g/mol. The zero-order chi connectivity index (χ0) is 12.8. The van der Waals surface area contributed by atoms with Crippen LogP contribution in [-0.2, 0) is 16.0 Å². The quantitative estimate of drug-likeness (QED) is 0.788. The predicted octanol–water partition coefficient (Wildman–Crippen LogP) is 0.924. The highest BCUT2D eigenvalue weighted by atomic mass is 32.1. The van der Waals surface area contributed by atoms with Gasteiger partial charge in [-0.15, -0.1) is 10.2 Å². The highest BCUT2D eigenvalue weighted by Crippen LogP contribution is 2.19. The number of carbonyl (C=O) groups is 2. The van der Waals surface area contributed by atoms with Crippen LogP contribution in [0.15, 0.2) is 12.7 Å². The third-order valence-electron chi connectivity index (χ3n) is 1.64. The summed E-state index contributed by atoms with van der Waals surface area (Å²) in [4.78, 5) is 23.0. The van der Waals surface area contributed by atoms with Crippen LogP contribution in [0.1, 0.15) is 5.01 Å². The number of aromatic nitrogens is 2. The first-order valence-corrected chi connectivity index (χ1v) is 5.41. The normalized spacial score (nSPS) is 9.71. The molecule has 7 nitrogen and oxygen atoms in total. The summed E-state index contributed by atoms with van der Waals surface area (Å²) in [5.41, 5.74) is 0. The smallest absolute Gasteiger partial charge is 0.416 e. The lowest BCUT2D eigenvalue weighted by Crippen LogP contribution is -2.26. The van der Waals surface area contributed by atoms with E-state index in [0.717, 1.165) is 16.2 Å². The maximum atomic E-state index is 11.4. The molecule has 0 atom stereocenters. The molecule has 0 spiro atoms. The third kappa shape index (κ3) is 3.83. The molecule has 1 heterocycles. The summed E-state index contributed by atoms with van der Waals surface area (Å²) in [6, 6.07) is 0. The minimum Gasteiger partial charge on any atom is -0.481 e. The van der Waals surface area contributed by atoms with Gasteiger partial charge in [0.1, 0.15) is 11.6 Å². The molecule has 1 amide bonds. The maximum Gasteiger partial charge on any atom is 0.416 e. The van der Waals surface area contributed by atoms with E-state index in [1.807, 2.05) is 0 Å². The average molecular weight is 257 g/mol. The topological polar surface area (TPSA) is 92.6 Å². The van der Waals surface area contributed by atoms with Gasteiger partial charge < -0.3 is 9.84 Å². The van der Waals surface area contributed by atoms with Crippen LogP contribution < -0.4 is 4.90 Å². The molecular formula is C9H11N3O4S. The fourth-order valence-electron chi connectivity index (χ4n) is 0.886. The lowest BCUT2D eigenvalue weighted by atomic mass is 10.5. The molecule has 1 rings (SSSR count). The van der Waals surface area contributed by atoms with Crippen LogP contribution in [0.2, 0.25) is 0 Å². The zero-order valence-electron chi connectivity index (χ0n) is 9.12. The van der Waals surface area contributed by atoms with E-state index in [1.54, 1.807) is 0 Å². The average Bonchev–Trinajstić information content (AvgIpc) is 2.72. The van der Waals surface area contributed by atoms with Gasteiger partial charge in [-0.2, -0.15) is 0 Å². The Labute approximate surface area is 101 Å². The number of carboxylic acids is 1. The van der Waals surface area contributed by atoms with E-state index in [9.17, 15) is 9.59 Å². The second-order valence-electron chi connectivity index (χ2n) is 2.97. The zero-order valence-corrected chi connectivity index (χ0v) is 9.94. The van der Waals surface area contributed by atoms with Gasteiger partial charge in [-0.1, -0.05) is 24.0 Å². The molecule has 1 aromatic rings. The van der Waals surface area contributed by atoms with E-state index in [-0.39, 0.29) is 18.2 Å². The molecule has 0 radical (unpaired) electrons. The van der Waals surface area contributed by atoms with Crippen molar-refractivity contribution in [1.82, 2.24) is 10.2 Å². The number of ether oxygens (including phenoxy) is 1. The first-order valence-electron chi connectivity index (χ1n) is 4.60. The Hall–Kier alpha value is -1.96. The molecule has 0 saturated carbocycles. The van der Waals surface area contributed by atoms with Gasteiger partial charge in [-0.3, -0.25) is 9.69 Å². The fraction of sp³-hybridized carbons (Fsp3) is 0.333. The first kappa shape index (κ1) is 13.1. The fourth-order valence-corrected chi connectivity index (χ4v) is 1.67. The number of carbonyl (C=O) groups excluding carboxylic acids is 1. The monoisotopic (exact) mass is 257 g/mol. The van der Waals surface area contributed by atoms with E-state index >= 15 is 0 Å². The van der Waals surface area contributed by atoms with Gasteiger partial charge in [-0.05, 0) is 0 Å². The minimum atomic E-state index is -0.996. The number of anilines is 1. The Balaban J connectivity index is 2.65. The van der Waals surface area contributed by atoms with Crippen molar-refractivity contribution >= 4 is 28.5 Å². The van der Waals surface area contributed by atoms with Crippen molar-refractivity contribution < 1.29 is 19.4 Å². The lowest BCUT2D eigenvalue weighted by Gasteiger charge is -2.11.